The Morgan fingerprint density at radius 2 is 1.91 bits per heavy atom. The van der Waals surface area contributed by atoms with Crippen molar-refractivity contribution in [2.45, 2.75) is 58.3 Å². The van der Waals surface area contributed by atoms with Crippen molar-refractivity contribution in [3.8, 4) is 0 Å². The van der Waals surface area contributed by atoms with Crippen molar-refractivity contribution < 1.29 is 13.5 Å². The third-order valence-corrected chi connectivity index (χ3v) is 6.20. The first-order chi connectivity index (χ1) is 15.6. The lowest BCUT2D eigenvalue weighted by molar-refractivity contribution is -0.0976. The smallest absolute Gasteiger partial charge is 0.263 e. The van der Waals surface area contributed by atoms with E-state index in [2.05, 4.69) is 34.3 Å². The maximum atomic E-state index is 13.4. The van der Waals surface area contributed by atoms with Crippen LogP contribution in [0.25, 0.3) is 0 Å². The number of alkyl halides is 2. The number of halogens is 2. The molecule has 1 saturated heterocycles. The zero-order valence-corrected chi connectivity index (χ0v) is 19.5. The normalized spacial score (nSPS) is 24.2. The molecule has 0 amide bonds. The van der Waals surface area contributed by atoms with E-state index in [9.17, 15) is 8.78 Å². The second kappa shape index (κ2) is 11.4. The molecule has 6 heteroatoms. The molecule has 4 atom stereocenters. The first kappa shape index (κ1) is 24.2. The van der Waals surface area contributed by atoms with Crippen LogP contribution in [0.5, 0.6) is 0 Å². The summed E-state index contributed by atoms with van der Waals surface area (Å²) in [7, 11) is 1.76. The minimum Gasteiger partial charge on any atom is -0.378 e. The van der Waals surface area contributed by atoms with Crippen molar-refractivity contribution in [3.63, 3.8) is 0 Å². The summed E-state index contributed by atoms with van der Waals surface area (Å²) in [6, 6.07) is 15.3. The van der Waals surface area contributed by atoms with E-state index < -0.39 is 6.43 Å². The standard InChI is InChI=1S/C24H29F2N3O.C2H6/c1-3-29(15-27-2)14-18-10-11-19-22(16-7-5-4-6-8-16)28-21-12-9-17(24(25)26)13-20(21)23(19)30-18;1-2/h4-9,12-13,15,18-19,22-24,28H,3,10-11,14H2,1-2H3;1-2H3/t18?,19-,22-,23?;/m0./s1. The number of nitrogens with zero attached hydrogens (tertiary/aromatic N) is 2. The fourth-order valence-corrected chi connectivity index (χ4v) is 4.72. The van der Waals surface area contributed by atoms with Gasteiger partial charge in [-0.15, -0.1) is 0 Å². The van der Waals surface area contributed by atoms with Gasteiger partial charge in [0.05, 0.1) is 24.6 Å². The van der Waals surface area contributed by atoms with E-state index in [-0.39, 0.29) is 29.7 Å². The molecule has 2 aromatic rings. The Hall–Kier alpha value is -2.47. The summed E-state index contributed by atoms with van der Waals surface area (Å²) in [5, 5.41) is 3.61. The molecule has 0 aliphatic carbocycles. The van der Waals surface area contributed by atoms with Gasteiger partial charge in [-0.25, -0.2) is 8.78 Å². The van der Waals surface area contributed by atoms with Crippen LogP contribution in [0.4, 0.5) is 14.5 Å². The van der Waals surface area contributed by atoms with Crippen molar-refractivity contribution in [2.24, 2.45) is 10.9 Å². The van der Waals surface area contributed by atoms with Crippen LogP contribution in [0.15, 0.2) is 53.5 Å². The third-order valence-electron chi connectivity index (χ3n) is 6.20. The Morgan fingerprint density at radius 1 is 1.16 bits per heavy atom. The van der Waals surface area contributed by atoms with Gasteiger partial charge < -0.3 is 15.0 Å². The van der Waals surface area contributed by atoms with Gasteiger partial charge >= 0.3 is 0 Å². The lowest BCUT2D eigenvalue weighted by atomic mass is 9.76. The molecule has 0 spiro atoms. The van der Waals surface area contributed by atoms with Crippen molar-refractivity contribution >= 4 is 12.0 Å². The number of hydrogen-bond donors (Lipinski definition) is 1. The molecule has 1 N–H and O–H groups in total. The molecule has 0 radical (unpaired) electrons. The zero-order chi connectivity index (χ0) is 23.1. The molecule has 0 aromatic heterocycles. The summed E-state index contributed by atoms with van der Waals surface area (Å²) in [6.45, 7) is 7.70. The van der Waals surface area contributed by atoms with Gasteiger partial charge in [-0.2, -0.15) is 0 Å². The highest BCUT2D eigenvalue weighted by atomic mass is 19.3. The summed E-state index contributed by atoms with van der Waals surface area (Å²) < 4.78 is 33.4. The lowest BCUT2D eigenvalue weighted by Gasteiger charge is -2.46. The number of fused-ring (bicyclic) bond motifs is 3. The van der Waals surface area contributed by atoms with Gasteiger partial charge in [-0.3, -0.25) is 4.99 Å². The highest BCUT2D eigenvalue weighted by molar-refractivity contribution is 5.58. The Labute approximate surface area is 190 Å². The van der Waals surface area contributed by atoms with Crippen molar-refractivity contribution in [1.82, 2.24) is 4.90 Å². The molecule has 2 aromatic carbocycles. The van der Waals surface area contributed by atoms with Crippen LogP contribution in [0.2, 0.25) is 0 Å². The Balaban J connectivity index is 0.00000141. The minimum atomic E-state index is -2.49. The molecule has 2 aliphatic heterocycles. The average molecular weight is 444 g/mol. The van der Waals surface area contributed by atoms with Gasteiger partial charge in [-0.1, -0.05) is 50.2 Å². The average Bonchev–Trinajstić information content (AvgIpc) is 2.84. The number of aliphatic imine (C=N–C) groups is 1. The fourth-order valence-electron chi connectivity index (χ4n) is 4.72. The van der Waals surface area contributed by atoms with Crippen molar-refractivity contribution in [3.05, 3.63) is 65.2 Å². The van der Waals surface area contributed by atoms with Gasteiger partial charge in [-0.05, 0) is 37.5 Å². The molecular formula is C26H35F2N3O. The van der Waals surface area contributed by atoms with E-state index in [0.29, 0.717) is 0 Å². The number of anilines is 1. The Kier molecular flexibility index (Phi) is 8.62. The predicted octanol–water partition coefficient (Wildman–Crippen LogP) is 6.63. The van der Waals surface area contributed by atoms with Gasteiger partial charge in [0, 0.05) is 42.9 Å². The number of hydrogen-bond acceptors (Lipinski definition) is 3. The van der Waals surface area contributed by atoms with Crippen LogP contribution in [0.3, 0.4) is 0 Å². The van der Waals surface area contributed by atoms with Crippen LogP contribution < -0.4 is 5.32 Å². The number of rotatable bonds is 6. The van der Waals surface area contributed by atoms with Crippen molar-refractivity contribution in [1.29, 1.82) is 0 Å². The third kappa shape index (κ3) is 5.29. The summed E-state index contributed by atoms with van der Waals surface area (Å²) >= 11 is 0. The van der Waals surface area contributed by atoms with E-state index >= 15 is 0 Å². The van der Waals surface area contributed by atoms with E-state index in [1.807, 2.05) is 38.4 Å². The summed E-state index contributed by atoms with van der Waals surface area (Å²) in [5.74, 6) is 0.194. The molecule has 2 heterocycles. The van der Waals surface area contributed by atoms with Crippen molar-refractivity contribution in [2.75, 3.05) is 25.5 Å². The van der Waals surface area contributed by atoms with Crippen LogP contribution in [-0.4, -0.2) is 37.5 Å². The second-order valence-electron chi connectivity index (χ2n) is 8.06. The van der Waals surface area contributed by atoms with Crippen LogP contribution in [0.1, 0.15) is 68.9 Å². The molecule has 174 valence electrons. The van der Waals surface area contributed by atoms with Gasteiger partial charge in [0.1, 0.15) is 0 Å². The SMILES string of the molecule is CC.CCN(C=NC)CC1CC[C@@H]2C(O1)c1cc(C(F)F)ccc1N[C@H]2c1ccccc1. The fraction of sp³-hybridized carbons (Fsp3) is 0.500. The monoisotopic (exact) mass is 443 g/mol. The first-order valence-corrected chi connectivity index (χ1v) is 11.7. The van der Waals surface area contributed by atoms with Crippen LogP contribution >= 0.6 is 0 Å². The topological polar surface area (TPSA) is 36.9 Å². The molecular weight excluding hydrogens is 408 g/mol. The predicted molar refractivity (Wildman–Crippen MR) is 128 cm³/mol. The summed E-state index contributed by atoms with van der Waals surface area (Å²) in [5.41, 5.74) is 2.98. The zero-order valence-electron chi connectivity index (χ0n) is 19.5. The summed E-state index contributed by atoms with van der Waals surface area (Å²) in [6.07, 6.45) is 1.10. The maximum Gasteiger partial charge on any atom is 0.263 e. The quantitative estimate of drug-likeness (QED) is 0.402. The number of ether oxygens (including phenoxy) is 1. The number of nitrogens with one attached hydrogen (secondary N) is 1. The molecule has 4 rings (SSSR count). The Morgan fingerprint density at radius 3 is 2.56 bits per heavy atom. The maximum absolute atomic E-state index is 13.4. The number of benzene rings is 2. The lowest BCUT2D eigenvalue weighted by Crippen LogP contribution is -2.43. The minimum absolute atomic E-state index is 0.0433. The molecule has 32 heavy (non-hydrogen) atoms. The highest BCUT2D eigenvalue weighted by Gasteiger charge is 2.42. The van der Waals surface area contributed by atoms with E-state index in [1.54, 1.807) is 19.2 Å². The molecule has 2 aliphatic rings. The molecule has 1 fully saturated rings. The van der Waals surface area contributed by atoms with E-state index in [0.717, 1.165) is 37.2 Å². The van der Waals surface area contributed by atoms with Crippen LogP contribution in [-0.2, 0) is 4.74 Å². The largest absolute Gasteiger partial charge is 0.378 e. The van der Waals surface area contributed by atoms with Gasteiger partial charge in [0.15, 0.2) is 0 Å². The molecule has 4 nitrogen and oxygen atoms in total. The molecule has 0 bridgehead atoms. The Bertz CT molecular complexity index is 875. The van der Waals surface area contributed by atoms with E-state index in [1.165, 1.54) is 11.6 Å². The second-order valence-corrected chi connectivity index (χ2v) is 8.06. The molecule has 2 unspecified atom stereocenters. The first-order valence-electron chi connectivity index (χ1n) is 11.7. The van der Waals surface area contributed by atoms with Gasteiger partial charge in [0.2, 0.25) is 0 Å². The van der Waals surface area contributed by atoms with Gasteiger partial charge in [0.25, 0.3) is 6.43 Å². The summed E-state index contributed by atoms with van der Waals surface area (Å²) in [4.78, 5) is 6.26. The van der Waals surface area contributed by atoms with Crippen LogP contribution in [0, 0.1) is 5.92 Å². The number of likely N-dealkylation sites (N-methyl/N-ethyl adjacent to an activating group) is 1. The highest BCUT2D eigenvalue weighted by Crippen LogP contribution is 2.50. The van der Waals surface area contributed by atoms with E-state index in [4.69, 9.17) is 4.74 Å². The molecule has 0 saturated carbocycles.